The molecule has 0 heterocycles. The van der Waals surface area contributed by atoms with Gasteiger partial charge in [0, 0.05) is 5.02 Å². The lowest BCUT2D eigenvalue weighted by atomic mass is 9.71. The number of hydrogen-bond donors (Lipinski definition) is 1. The largest absolute Gasteiger partial charge is 0.387 e. The molecule has 1 aromatic carbocycles. The van der Waals surface area contributed by atoms with Crippen LogP contribution in [0.15, 0.2) is 24.3 Å². The third-order valence-electron chi connectivity index (χ3n) is 4.18. The Labute approximate surface area is 120 Å². The van der Waals surface area contributed by atoms with E-state index in [0.29, 0.717) is 5.02 Å². The lowest BCUT2D eigenvalue weighted by Gasteiger charge is -2.33. The Morgan fingerprint density at radius 1 is 1.05 bits per heavy atom. The number of aliphatic hydroxyl groups excluding tert-OH is 1. The SMILES string of the molecule is N#CC1(C(O)c2ccc(Cl)cc2)CCCCCCC1. The molecule has 2 nitrogen and oxygen atoms in total. The minimum atomic E-state index is -0.715. The highest BCUT2D eigenvalue weighted by atomic mass is 35.5. The average Bonchev–Trinajstić information content (AvgIpc) is 2.39. The summed E-state index contributed by atoms with van der Waals surface area (Å²) in [6.45, 7) is 0. The quantitative estimate of drug-likeness (QED) is 0.857. The normalized spacial score (nSPS) is 20.9. The highest BCUT2D eigenvalue weighted by molar-refractivity contribution is 6.30. The summed E-state index contributed by atoms with van der Waals surface area (Å²) >= 11 is 5.87. The van der Waals surface area contributed by atoms with Gasteiger partial charge in [-0.3, -0.25) is 0 Å². The van der Waals surface area contributed by atoms with Crippen LogP contribution in [0.25, 0.3) is 0 Å². The van der Waals surface area contributed by atoms with Crippen LogP contribution in [0, 0.1) is 16.7 Å². The highest BCUT2D eigenvalue weighted by Crippen LogP contribution is 2.44. The summed E-state index contributed by atoms with van der Waals surface area (Å²) in [4.78, 5) is 0. The van der Waals surface area contributed by atoms with Crippen LogP contribution in [-0.4, -0.2) is 5.11 Å². The topological polar surface area (TPSA) is 44.0 Å². The Balaban J connectivity index is 2.23. The lowest BCUT2D eigenvalue weighted by Crippen LogP contribution is -2.28. The summed E-state index contributed by atoms with van der Waals surface area (Å²) in [5.41, 5.74) is 0.167. The van der Waals surface area contributed by atoms with Gasteiger partial charge in [0.25, 0.3) is 0 Å². The van der Waals surface area contributed by atoms with Gasteiger partial charge in [0.2, 0.25) is 0 Å². The van der Waals surface area contributed by atoms with E-state index in [4.69, 9.17) is 11.6 Å². The zero-order valence-electron chi connectivity index (χ0n) is 11.1. The first-order valence-corrected chi connectivity index (χ1v) is 7.40. The molecule has 2 rings (SSSR count). The molecule has 1 N–H and O–H groups in total. The molecule has 1 aromatic rings. The van der Waals surface area contributed by atoms with Gasteiger partial charge in [0.1, 0.15) is 0 Å². The third-order valence-corrected chi connectivity index (χ3v) is 4.43. The van der Waals surface area contributed by atoms with E-state index in [0.717, 1.165) is 44.1 Å². The molecule has 0 aliphatic heterocycles. The summed E-state index contributed by atoms with van der Waals surface area (Å²) < 4.78 is 0. The van der Waals surface area contributed by atoms with Gasteiger partial charge >= 0.3 is 0 Å². The first-order chi connectivity index (χ1) is 9.18. The van der Waals surface area contributed by atoms with Gasteiger partial charge in [0.15, 0.2) is 0 Å². The Kier molecular flexibility index (Phi) is 4.85. The van der Waals surface area contributed by atoms with E-state index < -0.39 is 11.5 Å². The second-order valence-electron chi connectivity index (χ2n) is 5.49. The van der Waals surface area contributed by atoms with Crippen LogP contribution in [-0.2, 0) is 0 Å². The van der Waals surface area contributed by atoms with Crippen molar-refractivity contribution < 1.29 is 5.11 Å². The van der Waals surface area contributed by atoms with Gasteiger partial charge < -0.3 is 5.11 Å². The fourth-order valence-corrected chi connectivity index (χ4v) is 3.07. The van der Waals surface area contributed by atoms with Crippen LogP contribution < -0.4 is 0 Å². The number of nitriles is 1. The summed E-state index contributed by atoms with van der Waals surface area (Å²) in [6.07, 6.45) is 6.48. The van der Waals surface area contributed by atoms with Crippen molar-refractivity contribution in [1.82, 2.24) is 0 Å². The molecule has 0 bridgehead atoms. The molecule has 19 heavy (non-hydrogen) atoms. The molecule has 0 radical (unpaired) electrons. The molecule has 1 aliphatic carbocycles. The van der Waals surface area contributed by atoms with E-state index in [1.54, 1.807) is 12.1 Å². The van der Waals surface area contributed by atoms with E-state index in [2.05, 4.69) is 6.07 Å². The van der Waals surface area contributed by atoms with Crippen molar-refractivity contribution in [3.8, 4) is 6.07 Å². The smallest absolute Gasteiger partial charge is 0.0976 e. The monoisotopic (exact) mass is 277 g/mol. The Bertz CT molecular complexity index is 441. The van der Waals surface area contributed by atoms with E-state index in [9.17, 15) is 10.4 Å². The van der Waals surface area contributed by atoms with Crippen LogP contribution in [0.2, 0.25) is 5.02 Å². The molecule has 1 aliphatic rings. The van der Waals surface area contributed by atoms with Crippen molar-refractivity contribution in [3.63, 3.8) is 0 Å². The predicted octanol–water partition coefficient (Wildman–Crippen LogP) is 4.63. The van der Waals surface area contributed by atoms with Crippen LogP contribution >= 0.6 is 11.6 Å². The van der Waals surface area contributed by atoms with Gasteiger partial charge in [-0.1, -0.05) is 55.8 Å². The second-order valence-corrected chi connectivity index (χ2v) is 5.93. The molecule has 0 aromatic heterocycles. The zero-order valence-corrected chi connectivity index (χ0v) is 11.9. The van der Waals surface area contributed by atoms with Crippen molar-refractivity contribution >= 4 is 11.6 Å². The number of halogens is 1. The standard InChI is InChI=1S/C16H20ClNO/c17-14-8-6-13(7-9-14)15(19)16(12-18)10-4-2-1-3-5-11-16/h6-9,15,19H,1-5,10-11H2. The van der Waals surface area contributed by atoms with Crippen molar-refractivity contribution in [2.45, 2.75) is 51.0 Å². The minimum Gasteiger partial charge on any atom is -0.387 e. The highest BCUT2D eigenvalue weighted by Gasteiger charge is 2.38. The van der Waals surface area contributed by atoms with Gasteiger partial charge in [0.05, 0.1) is 17.6 Å². The Morgan fingerprint density at radius 2 is 1.58 bits per heavy atom. The molecule has 1 atom stereocenters. The first-order valence-electron chi connectivity index (χ1n) is 7.03. The molecule has 3 heteroatoms. The maximum Gasteiger partial charge on any atom is 0.0976 e. The molecule has 1 saturated carbocycles. The molecule has 0 saturated heterocycles. The summed E-state index contributed by atoms with van der Waals surface area (Å²) in [5.74, 6) is 0. The lowest BCUT2D eigenvalue weighted by molar-refractivity contribution is 0.0434. The second kappa shape index (κ2) is 6.41. The predicted molar refractivity (Wildman–Crippen MR) is 76.8 cm³/mol. The maximum absolute atomic E-state index is 10.6. The fraction of sp³-hybridized carbons (Fsp3) is 0.562. The number of benzene rings is 1. The van der Waals surface area contributed by atoms with E-state index in [-0.39, 0.29) is 0 Å². The zero-order chi connectivity index (χ0) is 13.7. The van der Waals surface area contributed by atoms with E-state index in [1.165, 1.54) is 6.42 Å². The van der Waals surface area contributed by atoms with Crippen LogP contribution in [0.1, 0.15) is 56.6 Å². The third kappa shape index (κ3) is 3.29. The summed E-state index contributed by atoms with van der Waals surface area (Å²) in [7, 11) is 0. The first kappa shape index (κ1) is 14.4. The molecule has 1 unspecified atom stereocenters. The van der Waals surface area contributed by atoms with Gasteiger partial charge in [-0.05, 0) is 30.5 Å². The number of aliphatic hydroxyl groups is 1. The van der Waals surface area contributed by atoms with Crippen LogP contribution in [0.4, 0.5) is 0 Å². The fourth-order valence-electron chi connectivity index (χ4n) is 2.95. The van der Waals surface area contributed by atoms with Crippen LogP contribution in [0.3, 0.4) is 0 Å². The molecule has 0 amide bonds. The Hall–Kier alpha value is -1.04. The minimum absolute atomic E-state index is 0.631. The van der Waals surface area contributed by atoms with Crippen molar-refractivity contribution in [2.75, 3.05) is 0 Å². The molecule has 1 fully saturated rings. The van der Waals surface area contributed by atoms with Crippen molar-refractivity contribution in [2.24, 2.45) is 5.41 Å². The van der Waals surface area contributed by atoms with Crippen molar-refractivity contribution in [1.29, 1.82) is 5.26 Å². The van der Waals surface area contributed by atoms with Gasteiger partial charge in [-0.25, -0.2) is 0 Å². The number of nitrogens with zero attached hydrogens (tertiary/aromatic N) is 1. The molecule has 102 valence electrons. The Morgan fingerprint density at radius 3 is 2.11 bits per heavy atom. The molecular weight excluding hydrogens is 258 g/mol. The average molecular weight is 278 g/mol. The van der Waals surface area contributed by atoms with E-state index >= 15 is 0 Å². The van der Waals surface area contributed by atoms with Crippen molar-refractivity contribution in [3.05, 3.63) is 34.9 Å². The summed E-state index contributed by atoms with van der Waals surface area (Å²) in [6, 6.07) is 9.61. The summed E-state index contributed by atoms with van der Waals surface area (Å²) in [5, 5.41) is 20.9. The molecule has 0 spiro atoms. The van der Waals surface area contributed by atoms with Crippen LogP contribution in [0.5, 0.6) is 0 Å². The van der Waals surface area contributed by atoms with Gasteiger partial charge in [-0.2, -0.15) is 5.26 Å². The van der Waals surface area contributed by atoms with Gasteiger partial charge in [-0.15, -0.1) is 0 Å². The molecular formula is C16H20ClNO. The number of hydrogen-bond acceptors (Lipinski definition) is 2. The number of rotatable bonds is 2. The maximum atomic E-state index is 10.6. The van der Waals surface area contributed by atoms with E-state index in [1.807, 2.05) is 12.1 Å².